The molecule has 0 radical (unpaired) electrons. The third kappa shape index (κ3) is 4.80. The normalized spacial score (nSPS) is 8.87. The molecule has 0 fully saturated rings. The first-order valence-electron chi connectivity index (χ1n) is 4.61. The quantitative estimate of drug-likeness (QED) is 0.598. The highest BCUT2D eigenvalue weighted by Crippen LogP contribution is 2.18. The molecule has 0 amide bonds. The number of hydrogen-bond acceptors (Lipinski definition) is 2. The summed E-state index contributed by atoms with van der Waals surface area (Å²) in [6.45, 7) is 4.00. The molecule has 0 bridgehead atoms. The zero-order chi connectivity index (χ0) is 11.8. The number of carbonyl (C=O) groups is 1. The maximum Gasteiger partial charge on any atom is 0.337 e. The summed E-state index contributed by atoms with van der Waals surface area (Å²) >= 11 is 6.65. The molecule has 0 unspecified atom stereocenters. The van der Waals surface area contributed by atoms with Crippen LogP contribution in [-0.4, -0.2) is 13.1 Å². The van der Waals surface area contributed by atoms with Gasteiger partial charge in [0, 0.05) is 9.80 Å². The highest BCUT2D eigenvalue weighted by Gasteiger charge is 2.06. The second kappa shape index (κ2) is 7.88. The van der Waals surface area contributed by atoms with Crippen LogP contribution in [0, 0.1) is 0 Å². The first kappa shape index (κ1) is 14.6. The van der Waals surface area contributed by atoms with E-state index in [4.69, 9.17) is 0 Å². The van der Waals surface area contributed by atoms with Gasteiger partial charge in [-0.05, 0) is 23.8 Å². The van der Waals surface area contributed by atoms with Crippen LogP contribution in [0.1, 0.15) is 29.8 Å². The smallest absolute Gasteiger partial charge is 0.337 e. The van der Waals surface area contributed by atoms with Crippen molar-refractivity contribution < 1.29 is 9.53 Å². The first-order valence-corrected chi connectivity index (χ1v) is 6.52. The summed E-state index contributed by atoms with van der Waals surface area (Å²) in [5, 5.41) is 0.719. The van der Waals surface area contributed by atoms with Crippen LogP contribution in [0.15, 0.2) is 22.7 Å². The van der Waals surface area contributed by atoms with Gasteiger partial charge in [0.05, 0.1) is 12.7 Å². The Morgan fingerprint density at radius 2 is 1.93 bits per heavy atom. The molecule has 84 valence electrons. The minimum absolute atomic E-state index is 0.316. The van der Waals surface area contributed by atoms with Gasteiger partial charge in [-0.15, -0.1) is 0 Å². The van der Waals surface area contributed by atoms with E-state index >= 15 is 0 Å². The molecule has 15 heavy (non-hydrogen) atoms. The van der Waals surface area contributed by atoms with Gasteiger partial charge in [0.2, 0.25) is 0 Å². The molecule has 0 N–H and O–H groups in total. The summed E-state index contributed by atoms with van der Waals surface area (Å²) in [6, 6.07) is 5.48. The van der Waals surface area contributed by atoms with Crippen LogP contribution in [0.4, 0.5) is 0 Å². The summed E-state index contributed by atoms with van der Waals surface area (Å²) in [6.07, 6.45) is 0. The Labute approximate surface area is 107 Å². The largest absolute Gasteiger partial charge is 0.465 e. The molecule has 0 heterocycles. The van der Waals surface area contributed by atoms with Crippen molar-refractivity contribution >= 4 is 37.8 Å². The molecular formula is C11H14Br2O2. The number of halogens is 2. The predicted molar refractivity (Wildman–Crippen MR) is 69.5 cm³/mol. The molecule has 0 aliphatic carbocycles. The minimum Gasteiger partial charge on any atom is -0.465 e. The van der Waals surface area contributed by atoms with E-state index in [0.717, 1.165) is 15.4 Å². The van der Waals surface area contributed by atoms with E-state index in [1.54, 1.807) is 12.1 Å². The van der Waals surface area contributed by atoms with Gasteiger partial charge in [-0.1, -0.05) is 45.7 Å². The van der Waals surface area contributed by atoms with Gasteiger partial charge in [0.1, 0.15) is 0 Å². The third-order valence-corrected chi connectivity index (χ3v) is 2.64. The molecule has 0 saturated heterocycles. The maximum absolute atomic E-state index is 11.2. The summed E-state index contributed by atoms with van der Waals surface area (Å²) < 4.78 is 5.50. The summed E-state index contributed by atoms with van der Waals surface area (Å²) in [4.78, 5) is 11.2. The van der Waals surface area contributed by atoms with E-state index in [9.17, 15) is 4.79 Å². The summed E-state index contributed by atoms with van der Waals surface area (Å²) in [5.41, 5.74) is 1.60. The first-order chi connectivity index (χ1) is 7.17. The number of benzene rings is 1. The molecule has 1 aromatic carbocycles. The lowest BCUT2D eigenvalue weighted by atomic mass is 10.1. The SMILES string of the molecule is CC.COC(=O)c1cc(Br)cc(CBr)c1. The molecule has 0 atom stereocenters. The second-order valence-corrected chi connectivity index (χ2v) is 3.95. The zero-order valence-corrected chi connectivity index (χ0v) is 12.2. The molecule has 0 aliphatic rings. The average molecular weight is 338 g/mol. The Hall–Kier alpha value is -0.350. The number of methoxy groups -OCH3 is 1. The highest BCUT2D eigenvalue weighted by atomic mass is 79.9. The van der Waals surface area contributed by atoms with Crippen molar-refractivity contribution in [3.05, 3.63) is 33.8 Å². The molecule has 0 aliphatic heterocycles. The van der Waals surface area contributed by atoms with Gasteiger partial charge in [0.15, 0.2) is 0 Å². The van der Waals surface area contributed by atoms with E-state index in [-0.39, 0.29) is 5.97 Å². The van der Waals surface area contributed by atoms with E-state index in [0.29, 0.717) is 5.56 Å². The Morgan fingerprint density at radius 1 is 1.33 bits per heavy atom. The Bertz CT molecular complexity index is 324. The van der Waals surface area contributed by atoms with E-state index in [1.165, 1.54) is 7.11 Å². The van der Waals surface area contributed by atoms with Crippen LogP contribution in [0.3, 0.4) is 0 Å². The number of hydrogen-bond donors (Lipinski definition) is 0. The molecule has 2 nitrogen and oxygen atoms in total. The average Bonchev–Trinajstić information content (AvgIpc) is 2.29. The van der Waals surface area contributed by atoms with E-state index in [1.807, 2.05) is 19.9 Å². The fraction of sp³-hybridized carbons (Fsp3) is 0.364. The highest BCUT2D eigenvalue weighted by molar-refractivity contribution is 9.10. The standard InChI is InChI=1S/C9H8Br2O2.C2H6/c1-13-9(12)7-2-6(5-10)3-8(11)4-7;1-2/h2-4H,5H2,1H3;1-2H3. The van der Waals surface area contributed by atoms with Crippen LogP contribution in [0.25, 0.3) is 0 Å². The fourth-order valence-electron chi connectivity index (χ4n) is 0.963. The molecular weight excluding hydrogens is 324 g/mol. The topological polar surface area (TPSA) is 26.3 Å². The van der Waals surface area contributed by atoms with Crippen LogP contribution >= 0.6 is 31.9 Å². The van der Waals surface area contributed by atoms with Gasteiger partial charge in [-0.25, -0.2) is 4.79 Å². The van der Waals surface area contributed by atoms with Gasteiger partial charge < -0.3 is 4.74 Å². The minimum atomic E-state index is -0.316. The lowest BCUT2D eigenvalue weighted by molar-refractivity contribution is 0.0600. The number of carbonyl (C=O) groups excluding carboxylic acids is 1. The van der Waals surface area contributed by atoms with Crippen molar-refractivity contribution in [1.29, 1.82) is 0 Å². The molecule has 1 aromatic rings. The number of esters is 1. The second-order valence-electron chi connectivity index (χ2n) is 2.47. The lowest BCUT2D eigenvalue weighted by Crippen LogP contribution is -2.01. The summed E-state index contributed by atoms with van der Waals surface area (Å²) in [5.74, 6) is -0.316. The third-order valence-electron chi connectivity index (χ3n) is 1.53. The van der Waals surface area contributed by atoms with Gasteiger partial charge in [-0.2, -0.15) is 0 Å². The van der Waals surface area contributed by atoms with Crippen molar-refractivity contribution in [3.63, 3.8) is 0 Å². The van der Waals surface area contributed by atoms with Crippen molar-refractivity contribution in [3.8, 4) is 0 Å². The number of rotatable bonds is 2. The maximum atomic E-state index is 11.2. The van der Waals surface area contributed by atoms with Crippen LogP contribution in [-0.2, 0) is 10.1 Å². The van der Waals surface area contributed by atoms with Crippen LogP contribution < -0.4 is 0 Å². The Morgan fingerprint density at radius 3 is 2.40 bits per heavy atom. The molecule has 4 heteroatoms. The molecule has 0 saturated carbocycles. The van der Waals surface area contributed by atoms with Crippen molar-refractivity contribution in [2.75, 3.05) is 7.11 Å². The zero-order valence-electron chi connectivity index (χ0n) is 9.01. The van der Waals surface area contributed by atoms with Crippen LogP contribution in [0.5, 0.6) is 0 Å². The molecule has 0 spiro atoms. The fourth-order valence-corrected chi connectivity index (χ4v) is 1.83. The predicted octanol–water partition coefficient (Wildman–Crippen LogP) is 4.16. The number of ether oxygens (including phenoxy) is 1. The Balaban J connectivity index is 0.000000921. The van der Waals surface area contributed by atoms with Crippen molar-refractivity contribution in [2.45, 2.75) is 19.2 Å². The van der Waals surface area contributed by atoms with Gasteiger partial charge >= 0.3 is 5.97 Å². The monoisotopic (exact) mass is 336 g/mol. The van der Waals surface area contributed by atoms with Crippen LogP contribution in [0.2, 0.25) is 0 Å². The Kier molecular flexibility index (Phi) is 7.70. The van der Waals surface area contributed by atoms with E-state index < -0.39 is 0 Å². The number of alkyl halides is 1. The van der Waals surface area contributed by atoms with Crippen molar-refractivity contribution in [2.24, 2.45) is 0 Å². The molecule has 0 aromatic heterocycles. The lowest BCUT2D eigenvalue weighted by Gasteiger charge is -2.02. The van der Waals surface area contributed by atoms with Crippen molar-refractivity contribution in [1.82, 2.24) is 0 Å². The summed E-state index contributed by atoms with van der Waals surface area (Å²) in [7, 11) is 1.37. The molecule has 1 rings (SSSR count). The van der Waals surface area contributed by atoms with Gasteiger partial charge in [-0.3, -0.25) is 0 Å². The van der Waals surface area contributed by atoms with Gasteiger partial charge in [0.25, 0.3) is 0 Å². The van der Waals surface area contributed by atoms with E-state index in [2.05, 4.69) is 36.6 Å².